The van der Waals surface area contributed by atoms with Crippen LogP contribution in [0.1, 0.15) is 23.7 Å². The molecule has 3 rings (SSSR count). The molecule has 1 amide bonds. The second kappa shape index (κ2) is 10.1. The summed E-state index contributed by atoms with van der Waals surface area (Å²) in [5.41, 5.74) is 1.93. The van der Waals surface area contributed by atoms with Crippen molar-refractivity contribution in [3.63, 3.8) is 0 Å². The van der Waals surface area contributed by atoms with Gasteiger partial charge < -0.3 is 15.0 Å². The Kier molecular flexibility index (Phi) is 7.26. The average molecular weight is 455 g/mol. The molecule has 3 aromatic rings. The highest BCUT2D eigenvalue weighted by Crippen LogP contribution is 2.30. The summed E-state index contributed by atoms with van der Waals surface area (Å²) in [5.74, 6) is -0.115. The number of aromatic amines is 1. The van der Waals surface area contributed by atoms with E-state index in [-0.39, 0.29) is 16.9 Å². The number of hydrogen-bond acceptors (Lipinski definition) is 7. The minimum Gasteiger partial charge on any atom is -0.495 e. The molecule has 1 heterocycles. The van der Waals surface area contributed by atoms with Crippen LogP contribution in [0.2, 0.25) is 0 Å². The first kappa shape index (κ1) is 23.0. The molecule has 2 aromatic carbocycles. The number of carbonyl (C=O) groups is 1. The van der Waals surface area contributed by atoms with Gasteiger partial charge in [0.1, 0.15) is 5.75 Å². The minimum atomic E-state index is -0.638. The topological polar surface area (TPSA) is 127 Å². The molecular formula is C22H22N4O5S. The number of nitrogens with zero attached hydrogens (tertiary/aromatic N) is 2. The van der Waals surface area contributed by atoms with Crippen LogP contribution >= 0.6 is 11.8 Å². The second-order valence-corrected chi connectivity index (χ2v) is 8.32. The molecule has 0 aliphatic carbocycles. The number of rotatable bonds is 8. The number of nitro groups is 1. The van der Waals surface area contributed by atoms with Gasteiger partial charge in [0.2, 0.25) is 5.91 Å². The molecule has 0 spiro atoms. The van der Waals surface area contributed by atoms with E-state index in [1.807, 2.05) is 30.3 Å². The zero-order valence-corrected chi connectivity index (χ0v) is 18.6. The Morgan fingerprint density at radius 3 is 2.62 bits per heavy atom. The van der Waals surface area contributed by atoms with Crippen LogP contribution in [0.3, 0.4) is 0 Å². The molecule has 2 N–H and O–H groups in total. The zero-order chi connectivity index (χ0) is 23.3. The fourth-order valence-electron chi connectivity index (χ4n) is 3.01. The van der Waals surface area contributed by atoms with E-state index in [0.29, 0.717) is 28.6 Å². The second-order valence-electron chi connectivity index (χ2n) is 6.99. The quantitative estimate of drug-likeness (QED) is 0.230. The minimum absolute atomic E-state index is 0.169. The summed E-state index contributed by atoms with van der Waals surface area (Å²) in [5, 5.41) is 13.3. The molecular weight excluding hydrogens is 432 g/mol. The molecule has 0 saturated carbocycles. The van der Waals surface area contributed by atoms with Gasteiger partial charge >= 0.3 is 0 Å². The summed E-state index contributed by atoms with van der Waals surface area (Å²) in [6, 6.07) is 13.6. The van der Waals surface area contributed by atoms with Crippen LogP contribution in [0, 0.1) is 17.0 Å². The summed E-state index contributed by atoms with van der Waals surface area (Å²) in [6.07, 6.45) is 0.461. The maximum Gasteiger partial charge on any atom is 0.271 e. The first-order valence-corrected chi connectivity index (χ1v) is 10.6. The summed E-state index contributed by atoms with van der Waals surface area (Å²) in [7, 11) is 1.41. The number of aryl methyl sites for hydroxylation is 1. The highest BCUT2D eigenvalue weighted by molar-refractivity contribution is 8.00. The molecule has 0 radical (unpaired) electrons. The zero-order valence-electron chi connectivity index (χ0n) is 17.7. The number of anilines is 1. The molecule has 166 valence electrons. The van der Waals surface area contributed by atoms with Gasteiger partial charge in [-0.1, -0.05) is 42.1 Å². The molecule has 0 saturated heterocycles. The lowest BCUT2D eigenvalue weighted by atomic mass is 10.1. The van der Waals surface area contributed by atoms with Crippen LogP contribution in [0.4, 0.5) is 11.4 Å². The van der Waals surface area contributed by atoms with Crippen molar-refractivity contribution in [3.8, 4) is 5.75 Å². The van der Waals surface area contributed by atoms with Crippen molar-refractivity contribution >= 4 is 29.0 Å². The average Bonchev–Trinajstić information content (AvgIpc) is 2.76. The SMILES string of the molecule is COc1ccc([N+](=O)[O-])cc1NC(=O)C(C)Sc1nc(C)c(Cc2ccccc2)c(=O)[nH]1. The lowest BCUT2D eigenvalue weighted by Crippen LogP contribution is -2.24. The van der Waals surface area contributed by atoms with Crippen molar-refractivity contribution in [1.29, 1.82) is 0 Å². The van der Waals surface area contributed by atoms with E-state index < -0.39 is 16.1 Å². The lowest BCUT2D eigenvalue weighted by molar-refractivity contribution is -0.384. The Hall–Kier alpha value is -3.66. The first-order valence-electron chi connectivity index (χ1n) is 9.72. The van der Waals surface area contributed by atoms with E-state index in [4.69, 9.17) is 4.74 Å². The molecule has 10 heteroatoms. The standard InChI is InChI=1S/C22H22N4O5S/c1-13-17(11-15-7-5-4-6-8-15)21(28)25-22(23-13)32-14(2)20(27)24-18-12-16(26(29)30)9-10-19(18)31-3/h4-10,12,14H,11H2,1-3H3,(H,24,27)(H,23,25,28). The highest BCUT2D eigenvalue weighted by atomic mass is 32.2. The Bertz CT molecular complexity index is 1200. The Morgan fingerprint density at radius 2 is 2.00 bits per heavy atom. The van der Waals surface area contributed by atoms with E-state index >= 15 is 0 Å². The number of aromatic nitrogens is 2. The third-order valence-electron chi connectivity index (χ3n) is 4.73. The van der Waals surface area contributed by atoms with Crippen LogP contribution in [-0.2, 0) is 11.2 Å². The number of ether oxygens (including phenoxy) is 1. The lowest BCUT2D eigenvalue weighted by Gasteiger charge is -2.14. The van der Waals surface area contributed by atoms with Crippen LogP contribution < -0.4 is 15.6 Å². The van der Waals surface area contributed by atoms with Gasteiger partial charge in [0.25, 0.3) is 11.2 Å². The van der Waals surface area contributed by atoms with Gasteiger partial charge in [-0.2, -0.15) is 0 Å². The van der Waals surface area contributed by atoms with E-state index in [1.165, 1.54) is 25.3 Å². The molecule has 32 heavy (non-hydrogen) atoms. The smallest absolute Gasteiger partial charge is 0.271 e. The fourth-order valence-corrected chi connectivity index (χ4v) is 3.85. The maximum absolute atomic E-state index is 12.7. The molecule has 1 unspecified atom stereocenters. The number of nitro benzene ring substituents is 1. The molecule has 0 aliphatic heterocycles. The van der Waals surface area contributed by atoms with E-state index in [0.717, 1.165) is 17.3 Å². The summed E-state index contributed by atoms with van der Waals surface area (Å²) < 4.78 is 5.17. The molecule has 0 aliphatic rings. The molecule has 1 atom stereocenters. The van der Waals surface area contributed by atoms with Gasteiger partial charge in [0, 0.05) is 29.8 Å². The Balaban J connectivity index is 1.74. The fraction of sp³-hybridized carbons (Fsp3) is 0.227. The van der Waals surface area contributed by atoms with E-state index in [9.17, 15) is 19.7 Å². The predicted octanol–water partition coefficient (Wildman–Crippen LogP) is 3.71. The summed E-state index contributed by atoms with van der Waals surface area (Å²) >= 11 is 1.08. The molecule has 0 fully saturated rings. The monoisotopic (exact) mass is 454 g/mol. The van der Waals surface area contributed by atoms with E-state index in [2.05, 4.69) is 15.3 Å². The largest absolute Gasteiger partial charge is 0.495 e. The third-order valence-corrected chi connectivity index (χ3v) is 5.72. The number of benzene rings is 2. The summed E-state index contributed by atoms with van der Waals surface area (Å²) in [4.78, 5) is 42.9. The van der Waals surface area contributed by atoms with Gasteiger partial charge in [-0.15, -0.1) is 0 Å². The van der Waals surface area contributed by atoms with Gasteiger partial charge in [0.05, 0.1) is 23.0 Å². The van der Waals surface area contributed by atoms with Crippen molar-refractivity contribution in [2.45, 2.75) is 30.7 Å². The van der Waals surface area contributed by atoms with Crippen molar-refractivity contribution in [2.75, 3.05) is 12.4 Å². The van der Waals surface area contributed by atoms with Crippen LogP contribution in [-0.4, -0.2) is 33.2 Å². The molecule has 9 nitrogen and oxygen atoms in total. The van der Waals surface area contributed by atoms with Crippen molar-refractivity contribution in [1.82, 2.24) is 9.97 Å². The number of thioether (sulfide) groups is 1. The van der Waals surface area contributed by atoms with Gasteiger partial charge in [-0.3, -0.25) is 19.7 Å². The number of carbonyl (C=O) groups excluding carboxylic acids is 1. The number of H-pyrrole nitrogens is 1. The van der Waals surface area contributed by atoms with Gasteiger partial charge in [-0.25, -0.2) is 4.98 Å². The Morgan fingerprint density at radius 1 is 1.28 bits per heavy atom. The normalized spacial score (nSPS) is 11.6. The van der Waals surface area contributed by atoms with Crippen molar-refractivity contribution < 1.29 is 14.5 Å². The van der Waals surface area contributed by atoms with Crippen LogP contribution in [0.5, 0.6) is 5.75 Å². The number of non-ortho nitro benzene ring substituents is 1. The number of hydrogen-bond donors (Lipinski definition) is 2. The van der Waals surface area contributed by atoms with Gasteiger partial charge in [0.15, 0.2) is 5.16 Å². The number of methoxy groups -OCH3 is 1. The predicted molar refractivity (Wildman–Crippen MR) is 122 cm³/mol. The van der Waals surface area contributed by atoms with Crippen molar-refractivity contribution in [2.24, 2.45) is 0 Å². The highest BCUT2D eigenvalue weighted by Gasteiger charge is 2.20. The van der Waals surface area contributed by atoms with Crippen LogP contribution in [0.15, 0.2) is 58.5 Å². The first-order chi connectivity index (χ1) is 15.3. The summed E-state index contributed by atoms with van der Waals surface area (Å²) in [6.45, 7) is 3.41. The number of nitrogens with one attached hydrogen (secondary N) is 2. The molecule has 1 aromatic heterocycles. The molecule has 0 bridgehead atoms. The van der Waals surface area contributed by atoms with E-state index in [1.54, 1.807) is 13.8 Å². The van der Waals surface area contributed by atoms with Crippen molar-refractivity contribution in [3.05, 3.63) is 85.8 Å². The number of amides is 1. The van der Waals surface area contributed by atoms with Gasteiger partial charge in [-0.05, 0) is 25.5 Å². The third kappa shape index (κ3) is 5.52. The Labute approximate surface area is 188 Å². The maximum atomic E-state index is 12.7. The van der Waals surface area contributed by atoms with Crippen LogP contribution in [0.25, 0.3) is 0 Å².